The van der Waals surface area contributed by atoms with E-state index < -0.39 is 0 Å². The molecule has 150 valence electrons. The van der Waals surface area contributed by atoms with Gasteiger partial charge in [0.25, 0.3) is 0 Å². The minimum absolute atomic E-state index is 0.113. The summed E-state index contributed by atoms with van der Waals surface area (Å²) in [4.78, 5) is 21.5. The molecule has 0 saturated carbocycles. The van der Waals surface area contributed by atoms with Gasteiger partial charge in [0.15, 0.2) is 5.65 Å². The molecule has 0 spiro atoms. The van der Waals surface area contributed by atoms with Crippen molar-refractivity contribution in [2.24, 2.45) is 0 Å². The monoisotopic (exact) mass is 391 g/mol. The van der Waals surface area contributed by atoms with Gasteiger partial charge in [0, 0.05) is 35.9 Å². The highest BCUT2D eigenvalue weighted by atomic mass is 16.5. The summed E-state index contributed by atoms with van der Waals surface area (Å²) in [6.45, 7) is 0.446. The molecule has 0 radical (unpaired) electrons. The van der Waals surface area contributed by atoms with Crippen LogP contribution in [-0.4, -0.2) is 64.1 Å². The zero-order valence-electron chi connectivity index (χ0n) is 17.0. The van der Waals surface area contributed by atoms with Gasteiger partial charge in [0.05, 0.1) is 31.1 Å². The largest absolute Gasteiger partial charge is 0.497 e. The molecule has 0 aliphatic carbocycles. The Morgan fingerprint density at radius 1 is 1.24 bits per heavy atom. The second kappa shape index (κ2) is 6.84. The number of ether oxygens (including phenoxy) is 1. The first-order valence-corrected chi connectivity index (χ1v) is 10.0. The number of hydrogen-bond acceptors (Lipinski definition) is 5. The van der Waals surface area contributed by atoms with E-state index in [2.05, 4.69) is 9.88 Å². The second-order valence-electron chi connectivity index (χ2n) is 8.18. The molecule has 2 atom stereocenters. The third-order valence-electron chi connectivity index (χ3n) is 6.03. The van der Waals surface area contributed by atoms with Crippen LogP contribution in [0.5, 0.6) is 5.75 Å². The lowest BCUT2D eigenvalue weighted by molar-refractivity contribution is -0.135. The Balaban J connectivity index is 1.53. The fourth-order valence-electron chi connectivity index (χ4n) is 4.72. The number of benzene rings is 1. The predicted octanol–water partition coefficient (Wildman–Crippen LogP) is 2.55. The molecule has 1 aromatic carbocycles. The molecule has 3 aromatic rings. The molecule has 1 fully saturated rings. The van der Waals surface area contributed by atoms with Gasteiger partial charge in [-0.25, -0.2) is 9.50 Å². The lowest BCUT2D eigenvalue weighted by Gasteiger charge is -2.36. The number of amides is 1. The van der Waals surface area contributed by atoms with Gasteiger partial charge in [-0.05, 0) is 51.2 Å². The first-order valence-electron chi connectivity index (χ1n) is 10.0. The summed E-state index contributed by atoms with van der Waals surface area (Å²) in [6, 6.07) is 10.3. The number of rotatable bonds is 4. The Labute approximate surface area is 169 Å². The quantitative estimate of drug-likeness (QED) is 0.684. The van der Waals surface area contributed by atoms with Crippen molar-refractivity contribution in [3.05, 3.63) is 47.8 Å². The van der Waals surface area contributed by atoms with Crippen LogP contribution in [0.25, 0.3) is 16.9 Å². The SMILES string of the molecule is COc1ccc(-c2cc3ncc4c(n3n2)C[C@@H]2CC[C@H]4N2C(=O)CN(C)C)cc1. The van der Waals surface area contributed by atoms with E-state index in [1.54, 1.807) is 7.11 Å². The molecule has 0 unspecified atom stereocenters. The normalized spacial score (nSPS) is 20.3. The lowest BCUT2D eigenvalue weighted by atomic mass is 9.99. The first-order chi connectivity index (χ1) is 14.0. The number of hydrogen-bond donors (Lipinski definition) is 0. The summed E-state index contributed by atoms with van der Waals surface area (Å²) in [7, 11) is 5.54. The summed E-state index contributed by atoms with van der Waals surface area (Å²) in [6.07, 6.45) is 4.81. The minimum atomic E-state index is 0.113. The zero-order valence-corrected chi connectivity index (χ0v) is 17.0. The molecule has 0 N–H and O–H groups in total. The minimum Gasteiger partial charge on any atom is -0.497 e. The van der Waals surface area contributed by atoms with Crippen molar-refractivity contribution in [2.75, 3.05) is 27.7 Å². The maximum Gasteiger partial charge on any atom is 0.237 e. The number of aromatic nitrogens is 3. The lowest BCUT2D eigenvalue weighted by Crippen LogP contribution is -2.46. The van der Waals surface area contributed by atoms with Gasteiger partial charge in [-0.2, -0.15) is 5.10 Å². The molecular formula is C22H25N5O2. The van der Waals surface area contributed by atoms with Crippen molar-refractivity contribution in [1.82, 2.24) is 24.4 Å². The first kappa shape index (κ1) is 18.1. The van der Waals surface area contributed by atoms with E-state index in [0.717, 1.165) is 47.5 Å². The smallest absolute Gasteiger partial charge is 0.237 e. The Morgan fingerprint density at radius 3 is 2.76 bits per heavy atom. The highest BCUT2D eigenvalue weighted by Gasteiger charge is 2.43. The summed E-state index contributed by atoms with van der Waals surface area (Å²) in [5, 5.41) is 4.87. The molecule has 2 aliphatic heterocycles. The van der Waals surface area contributed by atoms with E-state index >= 15 is 0 Å². The zero-order chi connectivity index (χ0) is 20.1. The molecule has 7 nitrogen and oxygen atoms in total. The molecule has 5 rings (SSSR count). The number of nitrogens with zero attached hydrogens (tertiary/aromatic N) is 5. The van der Waals surface area contributed by atoms with Crippen LogP contribution in [-0.2, 0) is 11.2 Å². The molecule has 7 heteroatoms. The van der Waals surface area contributed by atoms with E-state index in [0.29, 0.717) is 6.54 Å². The Kier molecular flexibility index (Phi) is 4.28. The summed E-state index contributed by atoms with van der Waals surface area (Å²) < 4.78 is 7.23. The van der Waals surface area contributed by atoms with Crippen molar-refractivity contribution < 1.29 is 9.53 Å². The van der Waals surface area contributed by atoms with Gasteiger partial charge in [-0.3, -0.25) is 4.79 Å². The summed E-state index contributed by atoms with van der Waals surface area (Å²) in [5.74, 6) is 1.03. The molecule has 1 saturated heterocycles. The average Bonchev–Trinajstić information content (AvgIpc) is 3.28. The Hall–Kier alpha value is -2.93. The van der Waals surface area contributed by atoms with E-state index in [1.165, 1.54) is 5.69 Å². The molecule has 2 aliphatic rings. The fourth-order valence-corrected chi connectivity index (χ4v) is 4.72. The number of carbonyl (C=O) groups is 1. The topological polar surface area (TPSA) is 63.0 Å². The second-order valence-corrected chi connectivity index (χ2v) is 8.18. The van der Waals surface area contributed by atoms with E-state index in [9.17, 15) is 4.79 Å². The van der Waals surface area contributed by atoms with Crippen molar-refractivity contribution in [1.29, 1.82) is 0 Å². The van der Waals surface area contributed by atoms with E-state index in [1.807, 2.05) is 60.0 Å². The number of likely N-dealkylation sites (N-methyl/N-ethyl adjacent to an activating group) is 1. The van der Waals surface area contributed by atoms with Gasteiger partial charge < -0.3 is 14.5 Å². The Bertz CT molecular complexity index is 1070. The van der Waals surface area contributed by atoms with Crippen LogP contribution < -0.4 is 4.74 Å². The van der Waals surface area contributed by atoms with Crippen molar-refractivity contribution in [3.8, 4) is 17.0 Å². The van der Waals surface area contributed by atoms with Gasteiger partial charge in [-0.1, -0.05) is 0 Å². The van der Waals surface area contributed by atoms with E-state index in [4.69, 9.17) is 9.84 Å². The van der Waals surface area contributed by atoms with Crippen LogP contribution in [0.2, 0.25) is 0 Å². The maximum absolute atomic E-state index is 12.8. The number of fused-ring (bicyclic) bond motifs is 6. The van der Waals surface area contributed by atoms with E-state index in [-0.39, 0.29) is 18.0 Å². The van der Waals surface area contributed by atoms with Crippen LogP contribution >= 0.6 is 0 Å². The van der Waals surface area contributed by atoms with Crippen LogP contribution in [0.3, 0.4) is 0 Å². The molecular weight excluding hydrogens is 366 g/mol. The molecule has 2 aromatic heterocycles. The molecule has 4 heterocycles. The van der Waals surface area contributed by atoms with Crippen LogP contribution in [0.4, 0.5) is 0 Å². The third kappa shape index (κ3) is 2.97. The Morgan fingerprint density at radius 2 is 2.03 bits per heavy atom. The third-order valence-corrected chi connectivity index (χ3v) is 6.03. The van der Waals surface area contributed by atoms with Crippen LogP contribution in [0.1, 0.15) is 30.1 Å². The van der Waals surface area contributed by atoms with Gasteiger partial charge in [0.2, 0.25) is 5.91 Å². The van der Waals surface area contributed by atoms with Crippen LogP contribution in [0.15, 0.2) is 36.5 Å². The average molecular weight is 391 g/mol. The van der Waals surface area contributed by atoms with Crippen LogP contribution in [0, 0.1) is 0 Å². The van der Waals surface area contributed by atoms with Gasteiger partial charge in [-0.15, -0.1) is 0 Å². The highest BCUT2D eigenvalue weighted by molar-refractivity contribution is 5.80. The van der Waals surface area contributed by atoms with Gasteiger partial charge in [0.1, 0.15) is 5.75 Å². The number of carbonyl (C=O) groups excluding carboxylic acids is 1. The van der Waals surface area contributed by atoms with Crippen molar-refractivity contribution in [3.63, 3.8) is 0 Å². The molecule has 29 heavy (non-hydrogen) atoms. The summed E-state index contributed by atoms with van der Waals surface area (Å²) >= 11 is 0. The fraction of sp³-hybridized carbons (Fsp3) is 0.409. The number of methoxy groups -OCH3 is 1. The maximum atomic E-state index is 12.8. The molecule has 1 amide bonds. The standard InChI is InChI=1S/C22H25N5O2/c1-25(2)13-22(28)26-15-6-9-19(26)17-12-23-21-11-18(24-27(21)20(17)10-15)14-4-7-16(29-3)8-5-14/h4-5,7-8,11-12,15,19H,6,9-10,13H2,1-3H3/t15-,19+/m0/s1. The highest BCUT2D eigenvalue weighted by Crippen LogP contribution is 2.43. The van der Waals surface area contributed by atoms with Gasteiger partial charge >= 0.3 is 0 Å². The summed E-state index contributed by atoms with van der Waals surface area (Å²) in [5.41, 5.74) is 5.11. The van der Waals surface area contributed by atoms with Crippen molar-refractivity contribution in [2.45, 2.75) is 31.3 Å². The predicted molar refractivity (Wildman–Crippen MR) is 110 cm³/mol. The van der Waals surface area contributed by atoms with Crippen molar-refractivity contribution >= 4 is 11.6 Å². The molecule has 2 bridgehead atoms.